The van der Waals surface area contributed by atoms with Crippen molar-refractivity contribution in [1.29, 1.82) is 0 Å². The van der Waals surface area contributed by atoms with Gasteiger partial charge in [0.25, 0.3) is 0 Å². The van der Waals surface area contributed by atoms with Crippen LogP contribution in [0.4, 0.5) is 5.69 Å². The zero-order valence-corrected chi connectivity index (χ0v) is 14.4. The third-order valence-corrected chi connectivity index (χ3v) is 3.82. The molecule has 0 spiro atoms. The number of aliphatic hydroxyl groups excluding tert-OH is 1. The van der Waals surface area contributed by atoms with Gasteiger partial charge in [-0.3, -0.25) is 4.79 Å². The molecule has 2 rings (SSSR count). The average Bonchev–Trinajstić information content (AvgIpc) is 2.46. The van der Waals surface area contributed by atoms with E-state index < -0.39 is 5.60 Å². The number of rotatable bonds is 5. The van der Waals surface area contributed by atoms with Crippen molar-refractivity contribution in [1.82, 2.24) is 0 Å². The van der Waals surface area contributed by atoms with Gasteiger partial charge < -0.3 is 15.2 Å². The van der Waals surface area contributed by atoms with Gasteiger partial charge in [-0.2, -0.15) is 0 Å². The van der Waals surface area contributed by atoms with Crippen molar-refractivity contribution in [2.75, 3.05) is 11.9 Å². The standard InChI is InChI=1S/C17H18INO3/c1-2-22-17(9-4-7-15(20)12-17)10-8-16(21)19-14-6-3-5-13(18)11-14/h3-11,20H,2,12H2,1H3,(H,19,21). The molecule has 0 saturated carbocycles. The molecule has 1 aliphatic rings. The van der Waals surface area contributed by atoms with Crippen LogP contribution in [0.15, 0.2) is 60.4 Å². The normalized spacial score (nSPS) is 20.9. The van der Waals surface area contributed by atoms with E-state index in [1.807, 2.05) is 37.3 Å². The minimum absolute atomic E-state index is 0.233. The number of aliphatic hydroxyl groups is 1. The zero-order valence-electron chi connectivity index (χ0n) is 12.3. The summed E-state index contributed by atoms with van der Waals surface area (Å²) in [6.07, 6.45) is 8.64. The second-order valence-electron chi connectivity index (χ2n) is 4.91. The number of amides is 1. The van der Waals surface area contributed by atoms with E-state index in [2.05, 4.69) is 27.9 Å². The van der Waals surface area contributed by atoms with Gasteiger partial charge in [-0.25, -0.2) is 0 Å². The Labute approximate surface area is 143 Å². The summed E-state index contributed by atoms with van der Waals surface area (Å²) < 4.78 is 6.76. The molecule has 1 aromatic carbocycles. The Balaban J connectivity index is 2.06. The molecule has 4 nitrogen and oxygen atoms in total. The molecule has 0 saturated heterocycles. The summed E-state index contributed by atoms with van der Waals surface area (Å²) in [4.78, 5) is 12.0. The van der Waals surface area contributed by atoms with Crippen LogP contribution in [-0.4, -0.2) is 23.2 Å². The molecule has 0 fully saturated rings. The van der Waals surface area contributed by atoms with Gasteiger partial charge in [-0.05, 0) is 65.9 Å². The number of anilines is 1. The van der Waals surface area contributed by atoms with Gasteiger partial charge in [0.1, 0.15) is 5.60 Å². The maximum Gasteiger partial charge on any atom is 0.248 e. The van der Waals surface area contributed by atoms with E-state index >= 15 is 0 Å². The Morgan fingerprint density at radius 1 is 1.55 bits per heavy atom. The van der Waals surface area contributed by atoms with E-state index in [0.29, 0.717) is 13.0 Å². The lowest BCUT2D eigenvalue weighted by Gasteiger charge is -2.28. The number of ether oxygens (including phenoxy) is 1. The number of carbonyl (C=O) groups is 1. The van der Waals surface area contributed by atoms with Crippen LogP contribution in [-0.2, 0) is 9.53 Å². The number of hydrogen-bond acceptors (Lipinski definition) is 3. The molecule has 1 unspecified atom stereocenters. The first-order chi connectivity index (χ1) is 10.5. The quantitative estimate of drug-likeness (QED) is 0.570. The SMILES string of the molecule is CCOC1(C=CC(=O)Nc2cccc(I)c2)C=CC=C(O)C1. The summed E-state index contributed by atoms with van der Waals surface area (Å²) in [6, 6.07) is 7.56. The smallest absolute Gasteiger partial charge is 0.248 e. The van der Waals surface area contributed by atoms with E-state index in [9.17, 15) is 9.90 Å². The van der Waals surface area contributed by atoms with Crippen LogP contribution in [0, 0.1) is 3.57 Å². The van der Waals surface area contributed by atoms with Gasteiger partial charge in [0.2, 0.25) is 5.91 Å². The fourth-order valence-corrected chi connectivity index (χ4v) is 2.76. The first-order valence-electron chi connectivity index (χ1n) is 7.00. The van der Waals surface area contributed by atoms with Crippen molar-refractivity contribution in [2.45, 2.75) is 18.9 Å². The highest BCUT2D eigenvalue weighted by molar-refractivity contribution is 14.1. The summed E-state index contributed by atoms with van der Waals surface area (Å²) >= 11 is 2.19. The zero-order chi connectivity index (χ0) is 16.0. The molecule has 1 amide bonds. The Kier molecular flexibility index (Phi) is 5.79. The molecule has 5 heteroatoms. The summed E-state index contributed by atoms with van der Waals surface area (Å²) in [5, 5.41) is 12.5. The third-order valence-electron chi connectivity index (χ3n) is 3.15. The molecule has 0 radical (unpaired) electrons. The summed E-state index contributed by atoms with van der Waals surface area (Å²) in [6.45, 7) is 2.37. The first kappa shape index (κ1) is 16.8. The van der Waals surface area contributed by atoms with Crippen molar-refractivity contribution in [3.05, 3.63) is 64.0 Å². The van der Waals surface area contributed by atoms with Crippen LogP contribution in [0.5, 0.6) is 0 Å². The van der Waals surface area contributed by atoms with E-state index in [-0.39, 0.29) is 11.7 Å². The number of benzene rings is 1. The highest BCUT2D eigenvalue weighted by Crippen LogP contribution is 2.27. The number of nitrogens with one attached hydrogen (secondary N) is 1. The first-order valence-corrected chi connectivity index (χ1v) is 8.08. The number of halogens is 1. The summed E-state index contributed by atoms with van der Waals surface area (Å²) in [5.41, 5.74) is -0.0234. The van der Waals surface area contributed by atoms with Crippen molar-refractivity contribution in [3.63, 3.8) is 0 Å². The summed E-state index contributed by atoms with van der Waals surface area (Å²) in [5.74, 6) is 0.00198. The molecule has 0 aliphatic heterocycles. The molecule has 22 heavy (non-hydrogen) atoms. The second-order valence-corrected chi connectivity index (χ2v) is 6.16. The second kappa shape index (κ2) is 7.60. The van der Waals surface area contributed by atoms with Crippen molar-refractivity contribution >= 4 is 34.2 Å². The predicted octanol–water partition coefficient (Wildman–Crippen LogP) is 3.96. The highest BCUT2D eigenvalue weighted by atomic mass is 127. The van der Waals surface area contributed by atoms with Gasteiger partial charge >= 0.3 is 0 Å². The highest BCUT2D eigenvalue weighted by Gasteiger charge is 2.28. The molecular formula is C17H18INO3. The van der Waals surface area contributed by atoms with E-state index in [0.717, 1.165) is 9.26 Å². The fourth-order valence-electron chi connectivity index (χ4n) is 2.22. The predicted molar refractivity (Wildman–Crippen MR) is 95.8 cm³/mol. The maximum atomic E-state index is 12.0. The van der Waals surface area contributed by atoms with Gasteiger partial charge in [0, 0.05) is 28.4 Å². The molecule has 0 heterocycles. The van der Waals surface area contributed by atoms with E-state index in [1.165, 1.54) is 6.08 Å². The Morgan fingerprint density at radius 2 is 2.36 bits per heavy atom. The Bertz CT molecular complexity index is 637. The van der Waals surface area contributed by atoms with Crippen molar-refractivity contribution < 1.29 is 14.6 Å². The van der Waals surface area contributed by atoms with Crippen LogP contribution in [0.1, 0.15) is 13.3 Å². The molecule has 116 valence electrons. The Hall–Kier alpha value is -1.60. The molecule has 1 atom stereocenters. The number of carbonyl (C=O) groups excluding carboxylic acids is 1. The molecule has 1 aliphatic carbocycles. The fraction of sp³-hybridized carbons (Fsp3) is 0.235. The van der Waals surface area contributed by atoms with E-state index in [1.54, 1.807) is 18.2 Å². The van der Waals surface area contributed by atoms with Crippen molar-refractivity contribution in [3.8, 4) is 0 Å². The lowest BCUT2D eigenvalue weighted by atomic mass is 9.93. The number of allylic oxidation sites excluding steroid dienone is 2. The minimum atomic E-state index is -0.768. The van der Waals surface area contributed by atoms with Gasteiger partial charge in [-0.1, -0.05) is 12.1 Å². The third kappa shape index (κ3) is 4.71. The molecule has 2 N–H and O–H groups in total. The lowest BCUT2D eigenvalue weighted by Crippen LogP contribution is -2.30. The summed E-state index contributed by atoms with van der Waals surface area (Å²) in [7, 11) is 0. The van der Waals surface area contributed by atoms with Crippen LogP contribution >= 0.6 is 22.6 Å². The van der Waals surface area contributed by atoms with Crippen LogP contribution in [0.2, 0.25) is 0 Å². The largest absolute Gasteiger partial charge is 0.512 e. The van der Waals surface area contributed by atoms with Crippen molar-refractivity contribution in [2.24, 2.45) is 0 Å². The molecular weight excluding hydrogens is 393 g/mol. The monoisotopic (exact) mass is 411 g/mol. The molecule has 1 aromatic rings. The van der Waals surface area contributed by atoms with Gasteiger partial charge in [0.15, 0.2) is 0 Å². The van der Waals surface area contributed by atoms with Crippen LogP contribution < -0.4 is 5.32 Å². The van der Waals surface area contributed by atoms with Crippen LogP contribution in [0.25, 0.3) is 0 Å². The van der Waals surface area contributed by atoms with Gasteiger partial charge in [0.05, 0.1) is 5.76 Å². The van der Waals surface area contributed by atoms with Gasteiger partial charge in [-0.15, -0.1) is 0 Å². The minimum Gasteiger partial charge on any atom is -0.512 e. The topological polar surface area (TPSA) is 58.6 Å². The van der Waals surface area contributed by atoms with Crippen LogP contribution in [0.3, 0.4) is 0 Å². The van der Waals surface area contributed by atoms with E-state index in [4.69, 9.17) is 4.74 Å². The lowest BCUT2D eigenvalue weighted by molar-refractivity contribution is -0.112. The average molecular weight is 411 g/mol. The molecule has 0 bridgehead atoms. The Morgan fingerprint density at radius 3 is 3.05 bits per heavy atom. The molecule has 0 aromatic heterocycles. The maximum absolute atomic E-state index is 12.0. The number of hydrogen-bond donors (Lipinski definition) is 2.